The maximum atomic E-state index is 4.86. The van der Waals surface area contributed by atoms with Crippen LogP contribution in [0.4, 0.5) is 0 Å². The molecular weight excluding hydrogens is 358 g/mol. The summed E-state index contributed by atoms with van der Waals surface area (Å²) in [5.74, 6) is 0. The third kappa shape index (κ3) is 22.6. The number of hydrogen-bond donors (Lipinski definition) is 0. The number of nitrogens with zero attached hydrogens (tertiary/aromatic N) is 5. The van der Waals surface area contributed by atoms with Gasteiger partial charge >= 0.3 is 0 Å². The van der Waals surface area contributed by atoms with Gasteiger partial charge in [0.15, 0.2) is 0 Å². The van der Waals surface area contributed by atoms with Gasteiger partial charge in [0.05, 0.1) is 0 Å². The summed E-state index contributed by atoms with van der Waals surface area (Å²) in [6, 6.07) is 1.24. The second-order valence-corrected chi connectivity index (χ2v) is 6.86. The van der Waals surface area contributed by atoms with Crippen molar-refractivity contribution in [2.45, 2.75) is 89.4 Å². The molecule has 2 aliphatic carbocycles. The average Bonchev–Trinajstić information content (AvgIpc) is 2.59. The molecule has 0 aromatic rings. The summed E-state index contributed by atoms with van der Waals surface area (Å²) in [4.78, 5) is 0. The molecule has 26 heavy (non-hydrogen) atoms. The first-order valence-corrected chi connectivity index (χ1v) is 9.93. The zero-order valence-electron chi connectivity index (χ0n) is 18.5. The molecule has 0 bridgehead atoms. The van der Waals surface area contributed by atoms with E-state index in [1.807, 2.05) is 0 Å². The second kappa shape index (κ2) is 25.5. The van der Waals surface area contributed by atoms with Crippen LogP contribution in [-0.2, 0) is 21.7 Å². The van der Waals surface area contributed by atoms with Crippen LogP contribution in [0.5, 0.6) is 0 Å². The SMILES string of the molecule is CC([N-]C1CCCCC1)[N-]C1CCCCC1.C[N-]C.C[N-]C.C[N-]C.[Ti]. The van der Waals surface area contributed by atoms with Gasteiger partial charge in [-0.3, -0.25) is 0 Å². The van der Waals surface area contributed by atoms with Crippen molar-refractivity contribution >= 4 is 0 Å². The Balaban J connectivity index is -0.000000451. The maximum Gasteiger partial charge on any atom is 0 e. The molecule has 0 spiro atoms. The van der Waals surface area contributed by atoms with Crippen molar-refractivity contribution in [2.75, 3.05) is 42.3 Å². The third-order valence-electron chi connectivity index (χ3n) is 4.00. The van der Waals surface area contributed by atoms with Gasteiger partial charge in [0.25, 0.3) is 0 Å². The molecular formula is C20H44N5Ti-5. The number of rotatable bonds is 4. The minimum atomic E-state index is 0. The van der Waals surface area contributed by atoms with Gasteiger partial charge in [-0.2, -0.15) is 42.3 Å². The Bertz CT molecular complexity index is 207. The molecule has 0 aliphatic heterocycles. The Hall–Kier alpha value is 0.514. The van der Waals surface area contributed by atoms with E-state index >= 15 is 0 Å². The summed E-state index contributed by atoms with van der Waals surface area (Å²) in [7, 11) is 10.5. The standard InChI is InChI=1S/C14H26N2.3C2H6N.Ti/c1-12(15-13-8-4-2-5-9-13)16-14-10-6-3-7-11-14;3*1-3-2;/h12-14H,2-11H2,1H3;3*1-2H3;/q-2;3*-1;. The Morgan fingerprint density at radius 1 is 0.538 bits per heavy atom. The summed E-state index contributed by atoms with van der Waals surface area (Å²) >= 11 is 0. The predicted molar refractivity (Wildman–Crippen MR) is 116 cm³/mol. The van der Waals surface area contributed by atoms with E-state index in [9.17, 15) is 0 Å². The fraction of sp³-hybridized carbons (Fsp3) is 1.00. The van der Waals surface area contributed by atoms with Crippen LogP contribution in [0.15, 0.2) is 0 Å². The van der Waals surface area contributed by atoms with Gasteiger partial charge < -0.3 is 26.6 Å². The first kappa shape index (κ1) is 31.2. The Labute approximate surface area is 179 Å². The molecule has 0 atom stereocenters. The van der Waals surface area contributed by atoms with Gasteiger partial charge in [-0.05, 0) is 0 Å². The molecule has 2 fully saturated rings. The molecule has 158 valence electrons. The summed E-state index contributed by atoms with van der Waals surface area (Å²) in [5.41, 5.74) is 0. The zero-order valence-corrected chi connectivity index (χ0v) is 20.1. The Morgan fingerprint density at radius 2 is 0.769 bits per heavy atom. The average molecular weight is 402 g/mol. The fourth-order valence-corrected chi connectivity index (χ4v) is 3.11. The van der Waals surface area contributed by atoms with Crippen molar-refractivity contribution in [2.24, 2.45) is 0 Å². The normalized spacial score (nSPS) is 17.5. The minimum absolute atomic E-state index is 0. The first-order chi connectivity index (χ1) is 12.1. The van der Waals surface area contributed by atoms with Crippen LogP contribution in [-0.4, -0.2) is 60.5 Å². The molecule has 2 aliphatic rings. The molecule has 6 heteroatoms. The predicted octanol–water partition coefficient (Wildman–Crippen LogP) is 6.60. The van der Waals surface area contributed by atoms with E-state index in [1.165, 1.54) is 64.2 Å². The van der Waals surface area contributed by atoms with Gasteiger partial charge in [-0.1, -0.05) is 64.2 Å². The van der Waals surface area contributed by atoms with Crippen LogP contribution in [0.25, 0.3) is 26.6 Å². The molecule has 0 radical (unpaired) electrons. The van der Waals surface area contributed by atoms with Crippen molar-refractivity contribution < 1.29 is 21.7 Å². The van der Waals surface area contributed by atoms with Crippen LogP contribution < -0.4 is 0 Å². The third-order valence-corrected chi connectivity index (χ3v) is 4.00. The quantitative estimate of drug-likeness (QED) is 0.475. The van der Waals surface area contributed by atoms with Gasteiger partial charge in [0.1, 0.15) is 0 Å². The maximum absolute atomic E-state index is 4.86. The second-order valence-electron chi connectivity index (χ2n) is 6.86. The largest absolute Gasteiger partial charge is 0.675 e. The van der Waals surface area contributed by atoms with E-state index < -0.39 is 0 Å². The van der Waals surface area contributed by atoms with Crippen molar-refractivity contribution in [3.05, 3.63) is 26.6 Å². The van der Waals surface area contributed by atoms with Crippen LogP contribution >= 0.6 is 0 Å². The summed E-state index contributed by atoms with van der Waals surface area (Å²) in [5, 5.41) is 20.2. The summed E-state index contributed by atoms with van der Waals surface area (Å²) < 4.78 is 0. The fourth-order valence-electron chi connectivity index (χ4n) is 3.11. The summed E-state index contributed by atoms with van der Waals surface area (Å²) in [6.45, 7) is 2.18. The molecule has 0 saturated heterocycles. The molecule has 0 unspecified atom stereocenters. The van der Waals surface area contributed by atoms with Crippen LogP contribution in [0, 0.1) is 0 Å². The van der Waals surface area contributed by atoms with Gasteiger partial charge in [0, 0.05) is 21.7 Å². The zero-order chi connectivity index (χ0) is 19.3. The Morgan fingerprint density at radius 3 is 1.00 bits per heavy atom. The van der Waals surface area contributed by atoms with E-state index in [0.29, 0.717) is 12.1 Å². The van der Waals surface area contributed by atoms with E-state index in [2.05, 4.69) is 22.9 Å². The van der Waals surface area contributed by atoms with Crippen molar-refractivity contribution in [1.82, 2.24) is 0 Å². The Kier molecular flexibility index (Phi) is 30.6. The molecule has 0 aromatic heterocycles. The topological polar surface area (TPSA) is 70.5 Å². The molecule has 0 aromatic carbocycles. The molecule has 5 nitrogen and oxygen atoms in total. The molecule has 2 rings (SSSR count). The minimum Gasteiger partial charge on any atom is -0.675 e. The van der Waals surface area contributed by atoms with Crippen molar-refractivity contribution in [3.8, 4) is 0 Å². The van der Waals surface area contributed by atoms with E-state index in [4.69, 9.17) is 10.6 Å². The van der Waals surface area contributed by atoms with Crippen LogP contribution in [0.3, 0.4) is 0 Å². The van der Waals surface area contributed by atoms with E-state index in [1.54, 1.807) is 42.3 Å². The van der Waals surface area contributed by atoms with Crippen molar-refractivity contribution in [3.63, 3.8) is 0 Å². The molecule has 0 N–H and O–H groups in total. The molecule has 2 saturated carbocycles. The van der Waals surface area contributed by atoms with E-state index in [-0.39, 0.29) is 27.9 Å². The first-order valence-electron chi connectivity index (χ1n) is 9.93. The van der Waals surface area contributed by atoms with Crippen LogP contribution in [0.2, 0.25) is 0 Å². The van der Waals surface area contributed by atoms with Gasteiger partial charge in [0.2, 0.25) is 0 Å². The van der Waals surface area contributed by atoms with Gasteiger partial charge in [-0.15, -0.1) is 19.0 Å². The smallest absolute Gasteiger partial charge is 0 e. The van der Waals surface area contributed by atoms with Crippen LogP contribution in [0.1, 0.15) is 71.1 Å². The monoisotopic (exact) mass is 402 g/mol. The van der Waals surface area contributed by atoms with E-state index in [0.717, 1.165) is 0 Å². The molecule has 0 heterocycles. The summed E-state index contributed by atoms with van der Waals surface area (Å²) in [6.07, 6.45) is 13.8. The number of hydrogen-bond acceptors (Lipinski definition) is 0. The molecule has 0 amide bonds. The van der Waals surface area contributed by atoms with Gasteiger partial charge in [-0.25, -0.2) is 6.17 Å². The van der Waals surface area contributed by atoms with Crippen molar-refractivity contribution in [1.29, 1.82) is 0 Å².